The second-order valence-electron chi connectivity index (χ2n) is 5.42. The summed E-state index contributed by atoms with van der Waals surface area (Å²) in [7, 11) is 0. The highest BCUT2D eigenvalue weighted by Gasteiger charge is 2.24. The second kappa shape index (κ2) is 9.49. The van der Waals surface area contributed by atoms with Crippen LogP contribution < -0.4 is 0 Å². The van der Waals surface area contributed by atoms with Crippen LogP contribution in [0, 0.1) is 0 Å². The van der Waals surface area contributed by atoms with Crippen LogP contribution in [-0.2, 0) is 14.3 Å². The van der Waals surface area contributed by atoms with Crippen molar-refractivity contribution in [1.29, 1.82) is 0 Å². The molecule has 1 unspecified atom stereocenters. The molecule has 130 valence electrons. The molecule has 0 heterocycles. The highest BCUT2D eigenvalue weighted by atomic mass is 32.2. The lowest BCUT2D eigenvalue weighted by molar-refractivity contribution is -0.142. The molecule has 0 aliphatic carbocycles. The van der Waals surface area contributed by atoms with Gasteiger partial charge < -0.3 is 4.74 Å². The number of ether oxygens (including phenoxy) is 1. The minimum absolute atomic E-state index is 0.125. The van der Waals surface area contributed by atoms with Gasteiger partial charge in [-0.05, 0) is 23.6 Å². The smallest absolute Gasteiger partial charge is 0.319 e. The van der Waals surface area contributed by atoms with Gasteiger partial charge in [0.15, 0.2) is 5.12 Å². The lowest BCUT2D eigenvalue weighted by Crippen LogP contribution is -2.24. The van der Waals surface area contributed by atoms with Crippen LogP contribution in [0.2, 0.25) is 0 Å². The number of thiocarbonyl (C=S) groups is 1. The molecule has 0 fully saturated rings. The van der Waals surface area contributed by atoms with Crippen LogP contribution in [-0.4, -0.2) is 27.8 Å². The fourth-order valence-corrected chi connectivity index (χ4v) is 3.60. The Labute approximate surface area is 157 Å². The van der Waals surface area contributed by atoms with Gasteiger partial charge in [-0.2, -0.15) is 0 Å². The number of hydrogen-bond acceptors (Lipinski definition) is 5. The third-order valence-electron chi connectivity index (χ3n) is 3.54. The molecular weight excluding hydrogens is 352 g/mol. The summed E-state index contributed by atoms with van der Waals surface area (Å²) in [4.78, 5) is 24.1. The zero-order chi connectivity index (χ0) is 18.2. The number of carbonyl (C=O) groups excluding carboxylic acids is 2. The van der Waals surface area contributed by atoms with Crippen molar-refractivity contribution in [2.45, 2.75) is 25.5 Å². The van der Waals surface area contributed by atoms with E-state index in [1.165, 1.54) is 6.92 Å². The van der Waals surface area contributed by atoms with E-state index >= 15 is 0 Å². The molecular formula is C20H20O3S2. The largest absolute Gasteiger partial charge is 0.465 e. The van der Waals surface area contributed by atoms with E-state index < -0.39 is 11.2 Å². The molecule has 3 nitrogen and oxygen atoms in total. The van der Waals surface area contributed by atoms with Gasteiger partial charge >= 0.3 is 5.97 Å². The van der Waals surface area contributed by atoms with Crippen molar-refractivity contribution in [3.63, 3.8) is 0 Å². The number of carbonyl (C=O) groups is 2. The Kier molecular flexibility index (Phi) is 7.34. The Morgan fingerprint density at radius 1 is 1.04 bits per heavy atom. The first-order chi connectivity index (χ1) is 12.0. The first-order valence-electron chi connectivity index (χ1n) is 8.03. The van der Waals surface area contributed by atoms with Crippen LogP contribution >= 0.6 is 24.0 Å². The molecule has 0 amide bonds. The van der Waals surface area contributed by atoms with Gasteiger partial charge in [-0.15, -0.1) is 0 Å². The normalized spacial score (nSPS) is 11.6. The highest BCUT2D eigenvalue weighted by Crippen LogP contribution is 2.23. The van der Waals surface area contributed by atoms with E-state index in [1.54, 1.807) is 6.92 Å². The summed E-state index contributed by atoms with van der Waals surface area (Å²) in [5.41, 5.74) is 3.12. The number of benzene rings is 2. The van der Waals surface area contributed by atoms with E-state index in [-0.39, 0.29) is 11.7 Å². The molecule has 2 aromatic carbocycles. The van der Waals surface area contributed by atoms with Crippen LogP contribution in [0.5, 0.6) is 0 Å². The van der Waals surface area contributed by atoms with Gasteiger partial charge in [0, 0.05) is 18.2 Å². The maximum atomic E-state index is 12.0. The summed E-state index contributed by atoms with van der Waals surface area (Å²) in [5.74, 6) is -0.397. The molecule has 0 aliphatic rings. The first kappa shape index (κ1) is 19.3. The maximum absolute atomic E-state index is 12.0. The van der Waals surface area contributed by atoms with E-state index in [9.17, 15) is 9.59 Å². The third-order valence-corrected chi connectivity index (χ3v) is 4.92. The topological polar surface area (TPSA) is 43.4 Å². The number of hydrogen-bond donors (Lipinski definition) is 0. The van der Waals surface area contributed by atoms with Crippen molar-refractivity contribution >= 4 is 39.9 Å². The molecule has 25 heavy (non-hydrogen) atoms. The Balaban J connectivity index is 2.10. The predicted octanol–water partition coefficient (Wildman–Crippen LogP) is 4.67. The van der Waals surface area contributed by atoms with Crippen molar-refractivity contribution in [2.24, 2.45) is 0 Å². The summed E-state index contributed by atoms with van der Waals surface area (Å²) in [5, 5.41) is -0.723. The summed E-state index contributed by atoms with van der Waals surface area (Å²) in [6.07, 6.45) is 0.309. The van der Waals surface area contributed by atoms with Gasteiger partial charge in [-0.1, -0.05) is 78.6 Å². The van der Waals surface area contributed by atoms with Gasteiger partial charge in [0.05, 0.1) is 6.61 Å². The van der Waals surface area contributed by atoms with Gasteiger partial charge in [-0.25, -0.2) is 0 Å². The summed E-state index contributed by atoms with van der Waals surface area (Å²) >= 11 is 6.45. The Morgan fingerprint density at radius 2 is 1.64 bits per heavy atom. The van der Waals surface area contributed by atoms with E-state index in [1.807, 2.05) is 54.6 Å². The molecule has 2 rings (SSSR count). The third kappa shape index (κ3) is 5.80. The maximum Gasteiger partial charge on any atom is 0.319 e. The van der Waals surface area contributed by atoms with Gasteiger partial charge in [-0.3, -0.25) is 9.59 Å². The molecule has 0 spiro atoms. The molecule has 0 saturated carbocycles. The van der Waals surface area contributed by atoms with Crippen molar-refractivity contribution < 1.29 is 14.3 Å². The highest BCUT2D eigenvalue weighted by molar-refractivity contribution is 8.14. The first-order valence-corrected chi connectivity index (χ1v) is 9.32. The molecule has 0 N–H and O–H groups in total. The molecule has 0 aliphatic heterocycles. The molecule has 0 bridgehead atoms. The van der Waals surface area contributed by atoms with Crippen molar-refractivity contribution in [3.05, 3.63) is 60.2 Å². The molecule has 0 radical (unpaired) electrons. The average Bonchev–Trinajstić information content (AvgIpc) is 2.62. The van der Waals surface area contributed by atoms with Gasteiger partial charge in [0.25, 0.3) is 0 Å². The minimum atomic E-state index is -0.598. The molecule has 2 aromatic rings. The van der Waals surface area contributed by atoms with Gasteiger partial charge in [0.1, 0.15) is 5.25 Å². The average molecular weight is 373 g/mol. The number of thioether (sulfide) groups is 1. The predicted molar refractivity (Wildman–Crippen MR) is 107 cm³/mol. The lowest BCUT2D eigenvalue weighted by atomic mass is 10.0. The van der Waals surface area contributed by atoms with Crippen LogP contribution in [0.1, 0.15) is 25.8 Å². The van der Waals surface area contributed by atoms with E-state index in [4.69, 9.17) is 17.0 Å². The molecule has 5 heteroatoms. The Bertz CT molecular complexity index is 739. The van der Waals surface area contributed by atoms with Crippen LogP contribution in [0.4, 0.5) is 0 Å². The zero-order valence-electron chi connectivity index (χ0n) is 14.2. The summed E-state index contributed by atoms with van der Waals surface area (Å²) in [6.45, 7) is 3.47. The Morgan fingerprint density at radius 3 is 2.20 bits per heavy atom. The standard InChI is InChI=1S/C20H20O3S2/c1-3-23-20(22)19(25-14(2)21)13-18(24)17-11-9-16(10-12-17)15-7-5-4-6-8-15/h4-12,19H,3,13H2,1-2H3. The van der Waals surface area contributed by atoms with E-state index in [0.29, 0.717) is 11.3 Å². The monoisotopic (exact) mass is 372 g/mol. The lowest BCUT2D eigenvalue weighted by Gasteiger charge is -2.14. The van der Waals surface area contributed by atoms with E-state index in [0.717, 1.165) is 28.5 Å². The summed E-state index contributed by atoms with van der Waals surface area (Å²) < 4.78 is 5.05. The zero-order valence-corrected chi connectivity index (χ0v) is 15.9. The Hall–Kier alpha value is -1.98. The minimum Gasteiger partial charge on any atom is -0.465 e. The van der Waals surface area contributed by atoms with E-state index in [2.05, 4.69) is 0 Å². The SMILES string of the molecule is CCOC(=O)C(CC(=S)c1ccc(-c2ccccc2)cc1)SC(C)=O. The molecule has 0 saturated heterocycles. The van der Waals surface area contributed by atoms with Crippen LogP contribution in [0.3, 0.4) is 0 Å². The van der Waals surface area contributed by atoms with Crippen molar-refractivity contribution in [3.8, 4) is 11.1 Å². The fourth-order valence-electron chi connectivity index (χ4n) is 2.37. The van der Waals surface area contributed by atoms with Gasteiger partial charge in [0.2, 0.25) is 0 Å². The molecule has 1 atom stereocenters. The fraction of sp³-hybridized carbons (Fsp3) is 0.250. The van der Waals surface area contributed by atoms with Crippen molar-refractivity contribution in [2.75, 3.05) is 6.61 Å². The summed E-state index contributed by atoms with van der Waals surface area (Å²) in [6, 6.07) is 18.0. The number of rotatable bonds is 7. The second-order valence-corrected chi connectivity index (χ2v) is 7.29. The van der Waals surface area contributed by atoms with Crippen molar-refractivity contribution in [1.82, 2.24) is 0 Å². The quantitative estimate of drug-likeness (QED) is 0.401. The van der Waals surface area contributed by atoms with Crippen LogP contribution in [0.25, 0.3) is 11.1 Å². The van der Waals surface area contributed by atoms with Crippen LogP contribution in [0.15, 0.2) is 54.6 Å². The number of esters is 1. The molecule has 0 aromatic heterocycles.